The van der Waals surface area contributed by atoms with E-state index in [0.29, 0.717) is 12.6 Å². The van der Waals surface area contributed by atoms with E-state index in [1.807, 2.05) is 12.1 Å². The lowest BCUT2D eigenvalue weighted by Crippen LogP contribution is -2.36. The molecule has 0 saturated heterocycles. The third kappa shape index (κ3) is 5.13. The molecule has 1 aromatic rings. The van der Waals surface area contributed by atoms with Crippen molar-refractivity contribution in [3.63, 3.8) is 0 Å². The highest BCUT2D eigenvalue weighted by molar-refractivity contribution is 6.31. The Balaban J connectivity index is 2.12. The van der Waals surface area contributed by atoms with Crippen LogP contribution >= 0.6 is 11.6 Å². The molecule has 1 aliphatic carbocycles. The molecule has 0 bridgehead atoms. The van der Waals surface area contributed by atoms with Gasteiger partial charge in [-0.2, -0.15) is 0 Å². The van der Waals surface area contributed by atoms with Crippen molar-refractivity contribution >= 4 is 17.4 Å². The number of halogens is 1. The van der Waals surface area contributed by atoms with Crippen LogP contribution in [0.3, 0.4) is 0 Å². The van der Waals surface area contributed by atoms with Crippen molar-refractivity contribution in [2.75, 3.05) is 25.2 Å². The molecule has 5 heteroatoms. The highest BCUT2D eigenvalue weighted by Crippen LogP contribution is 2.31. The molecule has 0 amide bonds. The van der Waals surface area contributed by atoms with Gasteiger partial charge >= 0.3 is 0 Å². The SMILES string of the molecule is COCCN(c1ccc(Cl)c(CNC(C)(C)C)n1)C1CC1. The number of rotatable bonds is 7. The number of nitrogens with one attached hydrogen (secondary N) is 1. The number of ether oxygens (including phenoxy) is 1. The molecule has 21 heavy (non-hydrogen) atoms. The molecule has 2 rings (SSSR count). The fourth-order valence-corrected chi connectivity index (χ4v) is 2.34. The third-order valence-corrected chi connectivity index (χ3v) is 3.85. The number of anilines is 1. The molecule has 1 fully saturated rings. The van der Waals surface area contributed by atoms with Gasteiger partial charge in [-0.15, -0.1) is 0 Å². The highest BCUT2D eigenvalue weighted by Gasteiger charge is 2.30. The molecule has 0 aromatic carbocycles. The van der Waals surface area contributed by atoms with Crippen molar-refractivity contribution in [1.82, 2.24) is 10.3 Å². The largest absolute Gasteiger partial charge is 0.383 e. The molecule has 0 aliphatic heterocycles. The van der Waals surface area contributed by atoms with Gasteiger partial charge in [0.25, 0.3) is 0 Å². The van der Waals surface area contributed by atoms with Crippen LogP contribution in [0.5, 0.6) is 0 Å². The number of hydrogen-bond donors (Lipinski definition) is 1. The molecule has 0 spiro atoms. The van der Waals surface area contributed by atoms with Crippen molar-refractivity contribution in [3.05, 3.63) is 22.8 Å². The van der Waals surface area contributed by atoms with Crippen molar-refractivity contribution in [1.29, 1.82) is 0 Å². The lowest BCUT2D eigenvalue weighted by atomic mass is 10.1. The average molecular weight is 312 g/mol. The van der Waals surface area contributed by atoms with Gasteiger partial charge in [-0.25, -0.2) is 4.98 Å². The van der Waals surface area contributed by atoms with Gasteiger partial charge in [0.2, 0.25) is 0 Å². The van der Waals surface area contributed by atoms with Gasteiger partial charge < -0.3 is 15.0 Å². The first kappa shape index (κ1) is 16.5. The Labute approximate surface area is 132 Å². The minimum atomic E-state index is 0.0489. The van der Waals surface area contributed by atoms with Gasteiger partial charge in [-0.3, -0.25) is 0 Å². The Hall–Kier alpha value is -0.840. The van der Waals surface area contributed by atoms with Crippen LogP contribution in [-0.4, -0.2) is 36.8 Å². The van der Waals surface area contributed by atoms with Crippen LogP contribution in [0, 0.1) is 0 Å². The zero-order valence-corrected chi connectivity index (χ0v) is 14.2. The van der Waals surface area contributed by atoms with E-state index in [-0.39, 0.29) is 5.54 Å². The Morgan fingerprint density at radius 2 is 2.10 bits per heavy atom. The maximum Gasteiger partial charge on any atom is 0.129 e. The number of hydrogen-bond acceptors (Lipinski definition) is 4. The van der Waals surface area contributed by atoms with Crippen LogP contribution in [0.25, 0.3) is 0 Å². The molecule has 1 aliphatic rings. The van der Waals surface area contributed by atoms with Gasteiger partial charge in [0.15, 0.2) is 0 Å². The summed E-state index contributed by atoms with van der Waals surface area (Å²) in [6.07, 6.45) is 2.48. The fourth-order valence-electron chi connectivity index (χ4n) is 2.17. The van der Waals surface area contributed by atoms with Crippen LogP contribution in [-0.2, 0) is 11.3 Å². The Morgan fingerprint density at radius 3 is 2.67 bits per heavy atom. The zero-order chi connectivity index (χ0) is 15.5. The summed E-state index contributed by atoms with van der Waals surface area (Å²) < 4.78 is 5.21. The number of aromatic nitrogens is 1. The molecule has 1 saturated carbocycles. The van der Waals surface area contributed by atoms with Gasteiger partial charge in [0.1, 0.15) is 5.82 Å². The Morgan fingerprint density at radius 1 is 1.38 bits per heavy atom. The van der Waals surface area contributed by atoms with Crippen molar-refractivity contribution in [2.24, 2.45) is 0 Å². The maximum absolute atomic E-state index is 6.28. The molecular weight excluding hydrogens is 286 g/mol. The van der Waals surface area contributed by atoms with Crippen LogP contribution in [0.1, 0.15) is 39.3 Å². The second-order valence-electron chi connectivity index (χ2n) is 6.62. The summed E-state index contributed by atoms with van der Waals surface area (Å²) in [5.41, 5.74) is 0.958. The number of pyridine rings is 1. The van der Waals surface area contributed by atoms with Crippen LogP contribution in [0.4, 0.5) is 5.82 Å². The van der Waals surface area contributed by atoms with E-state index in [1.165, 1.54) is 12.8 Å². The topological polar surface area (TPSA) is 37.4 Å². The molecule has 0 radical (unpaired) electrons. The van der Waals surface area contributed by atoms with E-state index >= 15 is 0 Å². The normalized spacial score (nSPS) is 15.3. The lowest BCUT2D eigenvalue weighted by Gasteiger charge is -2.25. The van der Waals surface area contributed by atoms with Gasteiger partial charge in [0, 0.05) is 31.8 Å². The van der Waals surface area contributed by atoms with E-state index in [2.05, 4.69) is 31.0 Å². The van der Waals surface area contributed by atoms with E-state index in [0.717, 1.165) is 29.7 Å². The summed E-state index contributed by atoms with van der Waals surface area (Å²) >= 11 is 6.28. The van der Waals surface area contributed by atoms with E-state index < -0.39 is 0 Å². The summed E-state index contributed by atoms with van der Waals surface area (Å²) in [6.45, 7) is 8.69. The summed E-state index contributed by atoms with van der Waals surface area (Å²) in [5, 5.41) is 4.16. The molecular formula is C16H26ClN3O. The Kier molecular flexibility index (Phi) is 5.47. The monoisotopic (exact) mass is 311 g/mol. The predicted octanol–water partition coefficient (Wildman–Crippen LogP) is 3.24. The van der Waals surface area contributed by atoms with Gasteiger partial charge in [-0.05, 0) is 45.7 Å². The summed E-state index contributed by atoms with van der Waals surface area (Å²) in [5.74, 6) is 1.00. The van der Waals surface area contributed by atoms with Crippen LogP contribution < -0.4 is 10.2 Å². The van der Waals surface area contributed by atoms with Crippen molar-refractivity contribution in [3.8, 4) is 0 Å². The van der Waals surface area contributed by atoms with E-state index in [4.69, 9.17) is 21.3 Å². The summed E-state index contributed by atoms with van der Waals surface area (Å²) in [4.78, 5) is 7.10. The maximum atomic E-state index is 6.28. The minimum Gasteiger partial charge on any atom is -0.383 e. The predicted molar refractivity (Wildman–Crippen MR) is 88.1 cm³/mol. The lowest BCUT2D eigenvalue weighted by molar-refractivity contribution is 0.204. The highest BCUT2D eigenvalue weighted by atomic mass is 35.5. The molecule has 1 heterocycles. The molecule has 1 N–H and O–H groups in total. The first-order valence-electron chi connectivity index (χ1n) is 7.57. The second kappa shape index (κ2) is 6.95. The summed E-state index contributed by atoms with van der Waals surface area (Å²) in [7, 11) is 1.74. The number of methoxy groups -OCH3 is 1. The second-order valence-corrected chi connectivity index (χ2v) is 7.03. The zero-order valence-electron chi connectivity index (χ0n) is 13.4. The van der Waals surface area contributed by atoms with E-state index in [9.17, 15) is 0 Å². The van der Waals surface area contributed by atoms with Crippen molar-refractivity contribution < 1.29 is 4.74 Å². The van der Waals surface area contributed by atoms with Crippen LogP contribution in [0.15, 0.2) is 12.1 Å². The number of nitrogens with zero attached hydrogens (tertiary/aromatic N) is 2. The molecule has 118 valence electrons. The standard InChI is InChI=1S/C16H26ClN3O/c1-16(2,3)18-11-14-13(17)7-8-15(19-14)20(9-10-21-4)12-5-6-12/h7-8,12,18H,5-6,9-11H2,1-4H3. The average Bonchev–Trinajstić information content (AvgIpc) is 3.23. The summed E-state index contributed by atoms with van der Waals surface area (Å²) in [6, 6.07) is 4.57. The first-order chi connectivity index (χ1) is 9.90. The molecule has 0 unspecified atom stereocenters. The third-order valence-electron chi connectivity index (χ3n) is 3.51. The minimum absolute atomic E-state index is 0.0489. The van der Waals surface area contributed by atoms with Gasteiger partial charge in [0.05, 0.1) is 17.3 Å². The van der Waals surface area contributed by atoms with Crippen molar-refractivity contribution in [2.45, 2.75) is 51.7 Å². The molecule has 1 aromatic heterocycles. The van der Waals surface area contributed by atoms with Gasteiger partial charge in [-0.1, -0.05) is 11.6 Å². The quantitative estimate of drug-likeness (QED) is 0.839. The van der Waals surface area contributed by atoms with E-state index in [1.54, 1.807) is 7.11 Å². The smallest absolute Gasteiger partial charge is 0.129 e. The van der Waals surface area contributed by atoms with Crippen LogP contribution in [0.2, 0.25) is 5.02 Å². The molecule has 0 atom stereocenters. The molecule has 4 nitrogen and oxygen atoms in total. The fraction of sp³-hybridized carbons (Fsp3) is 0.688. The Bertz CT molecular complexity index is 469. The first-order valence-corrected chi connectivity index (χ1v) is 7.94.